The second-order valence-electron chi connectivity index (χ2n) is 4.07. The van der Waals surface area contributed by atoms with Crippen LogP contribution in [-0.2, 0) is 4.74 Å². The van der Waals surface area contributed by atoms with Crippen LogP contribution in [0.1, 0.15) is 13.8 Å². The van der Waals surface area contributed by atoms with Crippen LogP contribution in [-0.4, -0.2) is 61.8 Å². The molecule has 1 aliphatic rings. The maximum Gasteiger partial charge on any atom is 0.184 e. The molecule has 1 saturated heterocycles. The van der Waals surface area contributed by atoms with Crippen molar-refractivity contribution in [2.45, 2.75) is 50.2 Å². The first-order valence-electron chi connectivity index (χ1n) is 4.35. The molecule has 0 bridgehead atoms. The third-order valence-electron chi connectivity index (χ3n) is 2.28. The van der Waals surface area contributed by atoms with E-state index in [-0.39, 0.29) is 0 Å². The van der Waals surface area contributed by atoms with Crippen molar-refractivity contribution >= 4 is 0 Å². The van der Waals surface area contributed by atoms with Crippen molar-refractivity contribution in [2.75, 3.05) is 0 Å². The summed E-state index contributed by atoms with van der Waals surface area (Å²) in [6.07, 6.45) is -7.28. The molecule has 5 unspecified atom stereocenters. The zero-order chi connectivity index (χ0) is 11.1. The van der Waals surface area contributed by atoms with Crippen LogP contribution in [0.3, 0.4) is 0 Å². The van der Waals surface area contributed by atoms with Crippen molar-refractivity contribution in [1.29, 1.82) is 0 Å². The summed E-state index contributed by atoms with van der Waals surface area (Å²) < 4.78 is 4.79. The van der Waals surface area contributed by atoms with Gasteiger partial charge in [-0.15, -0.1) is 0 Å². The van der Waals surface area contributed by atoms with Gasteiger partial charge in [0.25, 0.3) is 0 Å². The number of hydrogen-bond acceptors (Lipinski definition) is 6. The number of hydrogen-bond donors (Lipinski definition) is 5. The Labute approximate surface area is 81.4 Å². The van der Waals surface area contributed by atoms with Gasteiger partial charge in [-0.3, -0.25) is 0 Å². The molecule has 0 spiro atoms. The summed E-state index contributed by atoms with van der Waals surface area (Å²) in [6.45, 7) is 2.75. The molecule has 0 aromatic heterocycles. The lowest BCUT2D eigenvalue weighted by Gasteiger charge is -2.43. The quantitative estimate of drug-likeness (QED) is 0.327. The number of rotatable bonds is 1. The molecular weight excluding hydrogens is 192 g/mol. The smallest absolute Gasteiger partial charge is 0.184 e. The van der Waals surface area contributed by atoms with Crippen LogP contribution in [0.15, 0.2) is 0 Å². The minimum Gasteiger partial charge on any atom is -0.388 e. The van der Waals surface area contributed by atoms with Crippen LogP contribution in [0.4, 0.5) is 0 Å². The largest absolute Gasteiger partial charge is 0.388 e. The molecule has 0 aliphatic carbocycles. The molecule has 14 heavy (non-hydrogen) atoms. The van der Waals surface area contributed by atoms with Gasteiger partial charge in [0.1, 0.15) is 24.4 Å². The molecule has 0 aromatic carbocycles. The number of aliphatic hydroxyl groups is 5. The molecule has 1 heterocycles. The number of ether oxygens (including phenoxy) is 1. The van der Waals surface area contributed by atoms with Crippen LogP contribution in [0.25, 0.3) is 0 Å². The van der Waals surface area contributed by atoms with E-state index in [4.69, 9.17) is 14.9 Å². The second-order valence-corrected chi connectivity index (χ2v) is 4.07. The van der Waals surface area contributed by atoms with E-state index in [2.05, 4.69) is 0 Å². The SMILES string of the molecule is CC(C)(O)C1OC(O)C(O)C(O)C1O. The van der Waals surface area contributed by atoms with Crippen molar-refractivity contribution in [3.63, 3.8) is 0 Å². The Bertz CT molecular complexity index is 200. The molecule has 1 rings (SSSR count). The van der Waals surface area contributed by atoms with Gasteiger partial charge < -0.3 is 30.3 Å². The van der Waals surface area contributed by atoms with Crippen molar-refractivity contribution in [1.82, 2.24) is 0 Å². The fourth-order valence-corrected chi connectivity index (χ4v) is 1.45. The Morgan fingerprint density at radius 3 is 1.86 bits per heavy atom. The minimum absolute atomic E-state index is 1.14. The van der Waals surface area contributed by atoms with E-state index >= 15 is 0 Å². The number of aliphatic hydroxyl groups excluding tert-OH is 4. The highest BCUT2D eigenvalue weighted by Crippen LogP contribution is 2.26. The summed E-state index contributed by atoms with van der Waals surface area (Å²) in [5, 5.41) is 46.6. The molecule has 5 N–H and O–H groups in total. The van der Waals surface area contributed by atoms with Gasteiger partial charge in [0.05, 0.1) is 5.60 Å². The van der Waals surface area contributed by atoms with Crippen LogP contribution >= 0.6 is 0 Å². The Morgan fingerprint density at radius 2 is 1.43 bits per heavy atom. The molecule has 6 heteroatoms. The van der Waals surface area contributed by atoms with E-state index in [0.29, 0.717) is 0 Å². The summed E-state index contributed by atoms with van der Waals surface area (Å²) >= 11 is 0. The fraction of sp³-hybridized carbons (Fsp3) is 1.00. The molecule has 0 saturated carbocycles. The summed E-state index contributed by atoms with van der Waals surface area (Å²) in [6, 6.07) is 0. The first-order valence-corrected chi connectivity index (χ1v) is 4.35. The van der Waals surface area contributed by atoms with E-state index in [9.17, 15) is 15.3 Å². The van der Waals surface area contributed by atoms with Gasteiger partial charge in [-0.05, 0) is 13.8 Å². The normalized spacial score (nSPS) is 45.2. The third kappa shape index (κ3) is 2.05. The zero-order valence-corrected chi connectivity index (χ0v) is 8.03. The average molecular weight is 208 g/mol. The molecule has 0 aromatic rings. The molecular formula is C8H16O6. The maximum absolute atomic E-state index is 9.55. The Kier molecular flexibility index (Phi) is 3.15. The maximum atomic E-state index is 9.55. The van der Waals surface area contributed by atoms with E-state index in [1.54, 1.807) is 0 Å². The van der Waals surface area contributed by atoms with Crippen LogP contribution in [0.5, 0.6) is 0 Å². The van der Waals surface area contributed by atoms with E-state index in [1.807, 2.05) is 0 Å². The monoisotopic (exact) mass is 208 g/mol. The van der Waals surface area contributed by atoms with Gasteiger partial charge in [-0.25, -0.2) is 0 Å². The zero-order valence-electron chi connectivity index (χ0n) is 8.03. The van der Waals surface area contributed by atoms with E-state index < -0.39 is 36.3 Å². The van der Waals surface area contributed by atoms with Crippen molar-refractivity contribution in [2.24, 2.45) is 0 Å². The second kappa shape index (κ2) is 3.73. The Hall–Kier alpha value is -0.240. The lowest BCUT2D eigenvalue weighted by Crippen LogP contribution is -2.63. The molecule has 1 aliphatic heterocycles. The molecule has 6 nitrogen and oxygen atoms in total. The molecule has 5 atom stereocenters. The van der Waals surface area contributed by atoms with Gasteiger partial charge in [0.2, 0.25) is 0 Å². The van der Waals surface area contributed by atoms with Crippen LogP contribution < -0.4 is 0 Å². The van der Waals surface area contributed by atoms with E-state index in [1.165, 1.54) is 13.8 Å². The van der Waals surface area contributed by atoms with Gasteiger partial charge in [-0.2, -0.15) is 0 Å². The lowest BCUT2D eigenvalue weighted by atomic mass is 9.89. The summed E-state index contributed by atoms with van der Waals surface area (Å²) in [5.74, 6) is 0. The van der Waals surface area contributed by atoms with E-state index in [0.717, 1.165) is 0 Å². The van der Waals surface area contributed by atoms with Crippen LogP contribution in [0, 0.1) is 0 Å². The highest BCUT2D eigenvalue weighted by molar-refractivity contribution is 4.95. The molecule has 84 valence electrons. The molecule has 0 amide bonds. The standard InChI is InChI=1S/C8H16O6/c1-8(2,13)6-4(10)3(9)5(11)7(12)14-6/h3-7,9-13H,1-2H3. The predicted octanol–water partition coefficient (Wildman–Crippen LogP) is -2.44. The van der Waals surface area contributed by atoms with Gasteiger partial charge >= 0.3 is 0 Å². The highest BCUT2D eigenvalue weighted by atomic mass is 16.6. The summed E-state index contributed by atoms with van der Waals surface area (Å²) in [4.78, 5) is 0. The van der Waals surface area contributed by atoms with Crippen molar-refractivity contribution in [3.05, 3.63) is 0 Å². The third-order valence-corrected chi connectivity index (χ3v) is 2.28. The van der Waals surface area contributed by atoms with Crippen molar-refractivity contribution in [3.8, 4) is 0 Å². The summed E-state index contributed by atoms with van der Waals surface area (Å²) in [7, 11) is 0. The Balaban J connectivity index is 2.81. The van der Waals surface area contributed by atoms with Gasteiger partial charge in [0, 0.05) is 0 Å². The highest BCUT2D eigenvalue weighted by Gasteiger charge is 2.48. The first-order chi connectivity index (χ1) is 6.25. The summed E-state index contributed by atoms with van der Waals surface area (Å²) in [5.41, 5.74) is -1.42. The predicted molar refractivity (Wildman–Crippen MR) is 45.2 cm³/mol. The molecule has 1 fully saturated rings. The first kappa shape index (κ1) is 11.8. The average Bonchev–Trinajstić information content (AvgIpc) is 2.06. The van der Waals surface area contributed by atoms with Gasteiger partial charge in [0.15, 0.2) is 6.29 Å². The topological polar surface area (TPSA) is 110 Å². The Morgan fingerprint density at radius 1 is 0.929 bits per heavy atom. The minimum atomic E-state index is -1.61. The molecule has 0 radical (unpaired) electrons. The van der Waals surface area contributed by atoms with Crippen LogP contribution in [0.2, 0.25) is 0 Å². The fourth-order valence-electron chi connectivity index (χ4n) is 1.45. The van der Waals surface area contributed by atoms with Gasteiger partial charge in [-0.1, -0.05) is 0 Å². The van der Waals surface area contributed by atoms with Crippen molar-refractivity contribution < 1.29 is 30.3 Å². The lowest BCUT2D eigenvalue weighted by molar-refractivity contribution is -0.308.